The molecule has 2 rings (SSSR count). The number of rotatable bonds is 3. The van der Waals surface area contributed by atoms with Gasteiger partial charge in [0, 0.05) is 0 Å². The smallest absolute Gasteiger partial charge is 0.320 e. The molecule has 1 aromatic carbocycles. The van der Waals surface area contributed by atoms with Crippen LogP contribution in [-0.4, -0.2) is 13.7 Å². The lowest BCUT2D eigenvalue weighted by Crippen LogP contribution is -2.26. The number of allylic oxidation sites excluding steroid dienone is 3. The summed E-state index contributed by atoms with van der Waals surface area (Å²) in [6.45, 7) is 3.71. The Hall–Kier alpha value is -1.81. The molecule has 88 valence electrons. The van der Waals surface area contributed by atoms with Crippen LogP contribution in [0.4, 0.5) is 0 Å². The van der Waals surface area contributed by atoms with Gasteiger partial charge in [0.2, 0.25) is 0 Å². The SMILES string of the molecule is C=C1C=CC=CC1S(=O)(=O)Oc1ccccc1. The summed E-state index contributed by atoms with van der Waals surface area (Å²) in [5.74, 6) is 0.309. The lowest BCUT2D eigenvalue weighted by Gasteiger charge is -2.16. The van der Waals surface area contributed by atoms with Crippen LogP contribution < -0.4 is 4.18 Å². The molecule has 1 aromatic rings. The minimum Gasteiger partial charge on any atom is -0.382 e. The molecule has 0 heterocycles. The minimum atomic E-state index is -3.72. The van der Waals surface area contributed by atoms with E-state index >= 15 is 0 Å². The van der Waals surface area contributed by atoms with E-state index in [2.05, 4.69) is 6.58 Å². The summed E-state index contributed by atoms with van der Waals surface area (Å²) >= 11 is 0. The summed E-state index contributed by atoms with van der Waals surface area (Å²) in [5, 5.41) is -0.812. The van der Waals surface area contributed by atoms with Crippen molar-refractivity contribution in [2.45, 2.75) is 5.25 Å². The van der Waals surface area contributed by atoms with Crippen LogP contribution in [0.3, 0.4) is 0 Å². The van der Waals surface area contributed by atoms with Gasteiger partial charge in [-0.2, -0.15) is 8.42 Å². The maximum absolute atomic E-state index is 12.0. The fraction of sp³-hybridized carbons (Fsp3) is 0.0769. The van der Waals surface area contributed by atoms with E-state index in [1.165, 1.54) is 0 Å². The van der Waals surface area contributed by atoms with Crippen LogP contribution in [0.5, 0.6) is 5.75 Å². The zero-order valence-electron chi connectivity index (χ0n) is 9.11. The molecule has 0 aromatic heterocycles. The highest BCUT2D eigenvalue weighted by atomic mass is 32.2. The summed E-state index contributed by atoms with van der Waals surface area (Å²) in [6.07, 6.45) is 6.64. The topological polar surface area (TPSA) is 43.4 Å². The summed E-state index contributed by atoms with van der Waals surface area (Å²) in [5.41, 5.74) is 0.503. The molecule has 1 aliphatic rings. The molecule has 1 aliphatic carbocycles. The fourth-order valence-electron chi connectivity index (χ4n) is 1.51. The van der Waals surface area contributed by atoms with Gasteiger partial charge in [0.05, 0.1) is 0 Å². The molecule has 17 heavy (non-hydrogen) atoms. The Kier molecular flexibility index (Phi) is 3.15. The van der Waals surface area contributed by atoms with Crippen LogP contribution in [0, 0.1) is 0 Å². The first-order chi connectivity index (χ1) is 8.09. The van der Waals surface area contributed by atoms with Gasteiger partial charge in [0.25, 0.3) is 0 Å². The predicted octanol–water partition coefficient (Wildman–Crippen LogP) is 2.45. The van der Waals surface area contributed by atoms with Crippen molar-refractivity contribution in [1.29, 1.82) is 0 Å². The van der Waals surface area contributed by atoms with Crippen LogP contribution >= 0.6 is 0 Å². The van der Waals surface area contributed by atoms with Gasteiger partial charge < -0.3 is 4.18 Å². The van der Waals surface area contributed by atoms with E-state index in [1.807, 2.05) is 0 Å². The quantitative estimate of drug-likeness (QED) is 0.772. The molecule has 1 unspecified atom stereocenters. The monoisotopic (exact) mass is 248 g/mol. The van der Waals surface area contributed by atoms with Crippen molar-refractivity contribution in [1.82, 2.24) is 0 Å². The summed E-state index contributed by atoms with van der Waals surface area (Å²) in [6, 6.07) is 8.43. The van der Waals surface area contributed by atoms with Gasteiger partial charge in [-0.3, -0.25) is 0 Å². The molecule has 0 saturated carbocycles. The second-order valence-electron chi connectivity index (χ2n) is 3.63. The van der Waals surface area contributed by atoms with Crippen molar-refractivity contribution in [3.05, 3.63) is 66.8 Å². The molecular formula is C13H12O3S. The van der Waals surface area contributed by atoms with Gasteiger partial charge in [-0.15, -0.1) is 0 Å². The molecular weight excluding hydrogens is 236 g/mol. The highest BCUT2D eigenvalue weighted by Gasteiger charge is 2.27. The van der Waals surface area contributed by atoms with Gasteiger partial charge in [-0.05, 0) is 17.7 Å². The summed E-state index contributed by atoms with van der Waals surface area (Å²) < 4.78 is 29.0. The van der Waals surface area contributed by atoms with Crippen molar-refractivity contribution < 1.29 is 12.6 Å². The number of hydrogen-bond donors (Lipinski definition) is 0. The van der Waals surface area contributed by atoms with E-state index in [0.29, 0.717) is 11.3 Å². The Balaban J connectivity index is 2.23. The molecule has 0 aliphatic heterocycles. The average molecular weight is 248 g/mol. The Bertz CT molecular complexity index is 568. The fourth-order valence-corrected chi connectivity index (χ4v) is 2.72. The Morgan fingerprint density at radius 1 is 1.12 bits per heavy atom. The molecule has 0 saturated heterocycles. The number of hydrogen-bond acceptors (Lipinski definition) is 3. The van der Waals surface area contributed by atoms with Crippen molar-refractivity contribution in [3.8, 4) is 5.75 Å². The second kappa shape index (κ2) is 4.59. The molecule has 1 atom stereocenters. The van der Waals surface area contributed by atoms with E-state index in [9.17, 15) is 8.42 Å². The van der Waals surface area contributed by atoms with Crippen molar-refractivity contribution in [2.75, 3.05) is 0 Å². The maximum Gasteiger partial charge on any atom is 0.320 e. The summed E-state index contributed by atoms with van der Waals surface area (Å²) in [7, 11) is -3.72. The Morgan fingerprint density at radius 2 is 1.82 bits per heavy atom. The zero-order valence-corrected chi connectivity index (χ0v) is 9.93. The third kappa shape index (κ3) is 2.65. The number of benzene rings is 1. The number of para-hydroxylation sites is 1. The largest absolute Gasteiger partial charge is 0.382 e. The third-order valence-corrected chi connectivity index (χ3v) is 3.85. The minimum absolute atomic E-state index is 0.309. The molecule has 4 heteroatoms. The van der Waals surface area contributed by atoms with E-state index in [-0.39, 0.29) is 0 Å². The lowest BCUT2D eigenvalue weighted by atomic mass is 10.1. The Morgan fingerprint density at radius 3 is 2.47 bits per heavy atom. The standard InChI is InChI=1S/C13H12O3S/c1-11-7-5-6-10-13(11)17(14,15)16-12-8-3-2-4-9-12/h2-10,13H,1H2. The van der Waals surface area contributed by atoms with Gasteiger partial charge in [0.15, 0.2) is 0 Å². The van der Waals surface area contributed by atoms with Crippen LogP contribution in [-0.2, 0) is 10.1 Å². The van der Waals surface area contributed by atoms with Gasteiger partial charge in [-0.25, -0.2) is 0 Å². The van der Waals surface area contributed by atoms with E-state index < -0.39 is 15.4 Å². The van der Waals surface area contributed by atoms with Crippen molar-refractivity contribution in [3.63, 3.8) is 0 Å². The second-order valence-corrected chi connectivity index (χ2v) is 5.29. The normalized spacial score (nSPS) is 19.3. The molecule has 0 bridgehead atoms. The van der Waals surface area contributed by atoms with E-state index in [0.717, 1.165) is 0 Å². The molecule has 3 nitrogen and oxygen atoms in total. The Labute approximate surface area is 101 Å². The maximum atomic E-state index is 12.0. The first-order valence-electron chi connectivity index (χ1n) is 5.11. The van der Waals surface area contributed by atoms with Gasteiger partial charge in [-0.1, -0.05) is 49.1 Å². The highest BCUT2D eigenvalue weighted by molar-refractivity contribution is 7.88. The highest BCUT2D eigenvalue weighted by Crippen LogP contribution is 2.21. The molecule has 0 spiro atoms. The summed E-state index contributed by atoms with van der Waals surface area (Å²) in [4.78, 5) is 0. The third-order valence-electron chi connectivity index (χ3n) is 2.34. The van der Waals surface area contributed by atoms with Gasteiger partial charge >= 0.3 is 10.1 Å². The molecule has 0 radical (unpaired) electrons. The first kappa shape index (κ1) is 11.7. The first-order valence-corrected chi connectivity index (χ1v) is 6.59. The average Bonchev–Trinajstić information content (AvgIpc) is 2.30. The molecule has 0 fully saturated rings. The van der Waals surface area contributed by atoms with E-state index in [4.69, 9.17) is 4.18 Å². The van der Waals surface area contributed by atoms with Crippen molar-refractivity contribution in [2.24, 2.45) is 0 Å². The molecule has 0 N–H and O–H groups in total. The van der Waals surface area contributed by atoms with Crippen LogP contribution in [0.2, 0.25) is 0 Å². The van der Waals surface area contributed by atoms with Gasteiger partial charge in [0.1, 0.15) is 11.0 Å². The predicted molar refractivity (Wildman–Crippen MR) is 67.2 cm³/mol. The van der Waals surface area contributed by atoms with Crippen LogP contribution in [0.25, 0.3) is 0 Å². The van der Waals surface area contributed by atoms with Crippen LogP contribution in [0.15, 0.2) is 66.8 Å². The van der Waals surface area contributed by atoms with E-state index in [1.54, 1.807) is 54.6 Å². The zero-order chi connectivity index (χ0) is 12.3. The van der Waals surface area contributed by atoms with Crippen LogP contribution in [0.1, 0.15) is 0 Å². The lowest BCUT2D eigenvalue weighted by molar-refractivity contribution is 0.483. The van der Waals surface area contributed by atoms with Crippen molar-refractivity contribution >= 4 is 10.1 Å². The molecule has 0 amide bonds.